The Labute approximate surface area is 132 Å². The predicted octanol–water partition coefficient (Wildman–Crippen LogP) is 2.64. The van der Waals surface area contributed by atoms with E-state index in [1.54, 1.807) is 24.1 Å². The molecule has 2 rings (SSSR count). The number of carbonyl (C=O) groups excluding carboxylic acids is 1. The first-order valence-corrected chi connectivity index (χ1v) is 7.05. The van der Waals surface area contributed by atoms with E-state index in [2.05, 4.69) is 10.4 Å². The summed E-state index contributed by atoms with van der Waals surface area (Å²) < 4.78 is 1.64. The molecule has 0 unspecified atom stereocenters. The van der Waals surface area contributed by atoms with Gasteiger partial charge in [0.1, 0.15) is 0 Å². The molecule has 0 aliphatic heterocycles. The van der Waals surface area contributed by atoms with E-state index in [-0.39, 0.29) is 6.04 Å². The summed E-state index contributed by atoms with van der Waals surface area (Å²) in [5.41, 5.74) is 1.20. The van der Waals surface area contributed by atoms with Gasteiger partial charge in [-0.3, -0.25) is 9.48 Å². The average molecular weight is 328 g/mol. The quantitative estimate of drug-likeness (QED) is 0.907. The van der Waals surface area contributed by atoms with Crippen LogP contribution >= 0.6 is 23.2 Å². The van der Waals surface area contributed by atoms with Crippen molar-refractivity contribution in [3.05, 3.63) is 51.8 Å². The zero-order chi connectivity index (χ0) is 15.6. The number of aryl methyl sites for hydroxylation is 1. The fourth-order valence-electron chi connectivity index (χ4n) is 1.92. The SMILES string of the molecule is C[C@@H](NC(=O)[C@@H](O)c1cc(Cl)cc(Cl)c1)c1cnn(C)c1. The molecule has 0 fully saturated rings. The summed E-state index contributed by atoms with van der Waals surface area (Å²) in [4.78, 5) is 12.1. The van der Waals surface area contributed by atoms with Crippen LogP contribution in [0.2, 0.25) is 10.0 Å². The maximum Gasteiger partial charge on any atom is 0.253 e. The molecule has 0 bridgehead atoms. The molecule has 2 N–H and O–H groups in total. The molecule has 0 saturated carbocycles. The van der Waals surface area contributed by atoms with E-state index in [9.17, 15) is 9.90 Å². The molecule has 5 nitrogen and oxygen atoms in total. The minimum Gasteiger partial charge on any atom is -0.378 e. The Balaban J connectivity index is 2.08. The largest absolute Gasteiger partial charge is 0.378 e. The van der Waals surface area contributed by atoms with Gasteiger partial charge in [-0.2, -0.15) is 5.10 Å². The van der Waals surface area contributed by atoms with Crippen LogP contribution in [0.5, 0.6) is 0 Å². The van der Waals surface area contributed by atoms with Crippen LogP contribution in [-0.4, -0.2) is 20.8 Å². The number of nitrogens with one attached hydrogen (secondary N) is 1. The number of benzene rings is 1. The summed E-state index contributed by atoms with van der Waals surface area (Å²) in [5, 5.41) is 17.6. The Morgan fingerprint density at radius 1 is 1.29 bits per heavy atom. The molecule has 112 valence electrons. The number of aromatic nitrogens is 2. The van der Waals surface area contributed by atoms with Crippen LogP contribution in [0.25, 0.3) is 0 Å². The molecule has 1 aromatic carbocycles. The summed E-state index contributed by atoms with van der Waals surface area (Å²) >= 11 is 11.7. The van der Waals surface area contributed by atoms with Gasteiger partial charge in [0.05, 0.1) is 12.2 Å². The van der Waals surface area contributed by atoms with Gasteiger partial charge < -0.3 is 10.4 Å². The van der Waals surface area contributed by atoms with Crippen molar-refractivity contribution in [3.8, 4) is 0 Å². The van der Waals surface area contributed by atoms with Crippen LogP contribution in [0.15, 0.2) is 30.6 Å². The van der Waals surface area contributed by atoms with E-state index in [0.29, 0.717) is 15.6 Å². The van der Waals surface area contributed by atoms with E-state index in [4.69, 9.17) is 23.2 Å². The first-order valence-electron chi connectivity index (χ1n) is 6.30. The van der Waals surface area contributed by atoms with Gasteiger partial charge in [0.2, 0.25) is 0 Å². The molecule has 2 atom stereocenters. The highest BCUT2D eigenvalue weighted by Crippen LogP contribution is 2.24. The highest BCUT2D eigenvalue weighted by atomic mass is 35.5. The molecule has 0 radical (unpaired) electrons. The normalized spacial score (nSPS) is 13.8. The maximum absolute atomic E-state index is 12.1. The molecule has 0 aliphatic carbocycles. The number of aliphatic hydroxyl groups is 1. The highest BCUT2D eigenvalue weighted by Gasteiger charge is 2.21. The van der Waals surface area contributed by atoms with Crippen molar-refractivity contribution in [1.29, 1.82) is 0 Å². The molecule has 2 aromatic rings. The second kappa shape index (κ2) is 6.47. The van der Waals surface area contributed by atoms with Gasteiger partial charge in [0, 0.05) is 28.9 Å². The summed E-state index contributed by atoms with van der Waals surface area (Å²) in [6.45, 7) is 1.81. The number of nitrogens with zero attached hydrogens (tertiary/aromatic N) is 2. The lowest BCUT2D eigenvalue weighted by Gasteiger charge is -2.16. The van der Waals surface area contributed by atoms with E-state index in [0.717, 1.165) is 5.56 Å². The number of amides is 1. The smallest absolute Gasteiger partial charge is 0.253 e. The first-order chi connectivity index (χ1) is 9.86. The third kappa shape index (κ3) is 3.97. The predicted molar refractivity (Wildman–Crippen MR) is 81.2 cm³/mol. The van der Waals surface area contributed by atoms with Gasteiger partial charge >= 0.3 is 0 Å². The molecule has 1 heterocycles. The second-order valence-electron chi connectivity index (χ2n) is 4.78. The number of carbonyl (C=O) groups is 1. The lowest BCUT2D eigenvalue weighted by atomic mass is 10.1. The second-order valence-corrected chi connectivity index (χ2v) is 5.66. The zero-order valence-electron chi connectivity index (χ0n) is 11.5. The van der Waals surface area contributed by atoms with Crippen molar-refractivity contribution in [2.24, 2.45) is 7.05 Å². The first kappa shape index (κ1) is 15.8. The van der Waals surface area contributed by atoms with Crippen molar-refractivity contribution in [1.82, 2.24) is 15.1 Å². The Bertz CT molecular complexity index is 637. The third-order valence-corrected chi connectivity index (χ3v) is 3.47. The molecule has 0 saturated heterocycles. The minimum absolute atomic E-state index is 0.268. The van der Waals surface area contributed by atoms with Gasteiger partial charge in [0.25, 0.3) is 5.91 Å². The number of hydrogen-bond acceptors (Lipinski definition) is 3. The number of hydrogen-bond donors (Lipinski definition) is 2. The van der Waals surface area contributed by atoms with Crippen molar-refractivity contribution in [2.75, 3.05) is 0 Å². The molecule has 1 amide bonds. The molecule has 1 aromatic heterocycles. The fraction of sp³-hybridized carbons (Fsp3) is 0.286. The molecular weight excluding hydrogens is 313 g/mol. The summed E-state index contributed by atoms with van der Waals surface area (Å²) in [6.07, 6.45) is 2.13. The summed E-state index contributed by atoms with van der Waals surface area (Å²) in [5.74, 6) is -0.523. The Morgan fingerprint density at radius 2 is 1.90 bits per heavy atom. The van der Waals surface area contributed by atoms with Gasteiger partial charge in [-0.05, 0) is 30.7 Å². The lowest BCUT2D eigenvalue weighted by molar-refractivity contribution is -0.130. The van der Waals surface area contributed by atoms with Crippen LogP contribution < -0.4 is 5.32 Å². The minimum atomic E-state index is -1.33. The average Bonchev–Trinajstić information content (AvgIpc) is 2.83. The van der Waals surface area contributed by atoms with Gasteiger partial charge in [0.15, 0.2) is 6.10 Å². The monoisotopic (exact) mass is 327 g/mol. The van der Waals surface area contributed by atoms with E-state index >= 15 is 0 Å². The lowest BCUT2D eigenvalue weighted by Crippen LogP contribution is -2.31. The Kier molecular flexibility index (Phi) is 4.88. The van der Waals surface area contributed by atoms with Crippen LogP contribution in [-0.2, 0) is 11.8 Å². The zero-order valence-corrected chi connectivity index (χ0v) is 13.1. The molecule has 0 spiro atoms. The van der Waals surface area contributed by atoms with Crippen LogP contribution in [0, 0.1) is 0 Å². The standard InChI is InChI=1S/C14H15Cl2N3O2/c1-8(10-6-17-19(2)7-10)18-14(21)13(20)9-3-11(15)5-12(16)4-9/h3-8,13,20H,1-2H3,(H,18,21)/t8-,13+/m1/s1. The van der Waals surface area contributed by atoms with E-state index in [1.165, 1.54) is 18.2 Å². The van der Waals surface area contributed by atoms with Crippen LogP contribution in [0.4, 0.5) is 0 Å². The van der Waals surface area contributed by atoms with Crippen molar-refractivity contribution < 1.29 is 9.90 Å². The molecule has 21 heavy (non-hydrogen) atoms. The molecular formula is C14H15Cl2N3O2. The Morgan fingerprint density at radius 3 is 2.43 bits per heavy atom. The van der Waals surface area contributed by atoms with Crippen molar-refractivity contribution in [3.63, 3.8) is 0 Å². The fourth-order valence-corrected chi connectivity index (χ4v) is 2.47. The van der Waals surface area contributed by atoms with E-state index < -0.39 is 12.0 Å². The van der Waals surface area contributed by atoms with Crippen molar-refractivity contribution >= 4 is 29.1 Å². The third-order valence-electron chi connectivity index (χ3n) is 3.03. The highest BCUT2D eigenvalue weighted by molar-refractivity contribution is 6.34. The number of rotatable bonds is 4. The Hall–Kier alpha value is -1.56. The molecule has 7 heteroatoms. The molecule has 0 aliphatic rings. The summed E-state index contributed by atoms with van der Waals surface area (Å²) in [7, 11) is 1.79. The van der Waals surface area contributed by atoms with Gasteiger partial charge in [-0.1, -0.05) is 23.2 Å². The summed E-state index contributed by atoms with van der Waals surface area (Å²) in [6, 6.07) is 4.28. The van der Waals surface area contributed by atoms with E-state index in [1.807, 2.05) is 6.92 Å². The van der Waals surface area contributed by atoms with Gasteiger partial charge in [-0.25, -0.2) is 0 Å². The van der Waals surface area contributed by atoms with Crippen LogP contribution in [0.1, 0.15) is 30.2 Å². The number of halogens is 2. The number of aliphatic hydroxyl groups excluding tert-OH is 1. The van der Waals surface area contributed by atoms with Crippen LogP contribution in [0.3, 0.4) is 0 Å². The van der Waals surface area contributed by atoms with Gasteiger partial charge in [-0.15, -0.1) is 0 Å². The maximum atomic E-state index is 12.1. The van der Waals surface area contributed by atoms with Crippen molar-refractivity contribution in [2.45, 2.75) is 19.1 Å². The topological polar surface area (TPSA) is 67.2 Å².